The highest BCUT2D eigenvalue weighted by atomic mass is 35.5. The highest BCUT2D eigenvalue weighted by Crippen LogP contribution is 2.19. The first-order chi connectivity index (χ1) is 4.20. The number of halogens is 2. The van der Waals surface area contributed by atoms with Crippen LogP contribution in [0, 0.1) is 13.1 Å². The Balaban J connectivity index is 3.17. The summed E-state index contributed by atoms with van der Waals surface area (Å²) in [5, 5.41) is 0.881. The molecule has 0 unspecified atom stereocenters. The molecule has 0 atom stereocenters. The Morgan fingerprint density at radius 3 is 2.67 bits per heavy atom. The molecule has 0 spiro atoms. The summed E-state index contributed by atoms with van der Waals surface area (Å²) in [6.45, 7) is 1.83. The van der Waals surface area contributed by atoms with E-state index < -0.39 is 0 Å². The third-order valence-electron chi connectivity index (χ3n) is 0.876. The summed E-state index contributed by atoms with van der Waals surface area (Å²) in [7, 11) is 0. The van der Waals surface area contributed by atoms with E-state index in [-0.39, 0.29) is 0 Å². The SMILES string of the molecule is Cc1cc(Cl)c(Cl)[c]n1. The van der Waals surface area contributed by atoms with Crippen LogP contribution in [0.4, 0.5) is 0 Å². The first-order valence-electron chi connectivity index (χ1n) is 2.40. The van der Waals surface area contributed by atoms with Gasteiger partial charge in [-0.3, -0.25) is 0 Å². The Labute approximate surface area is 63.6 Å². The Morgan fingerprint density at radius 2 is 2.22 bits per heavy atom. The van der Waals surface area contributed by atoms with E-state index in [1.54, 1.807) is 6.07 Å². The summed E-state index contributed by atoms with van der Waals surface area (Å²) in [6.07, 6.45) is 2.55. The van der Waals surface area contributed by atoms with E-state index in [0.29, 0.717) is 10.0 Å². The second-order valence-corrected chi connectivity index (χ2v) is 2.46. The summed E-state index contributed by atoms with van der Waals surface area (Å²) in [5.74, 6) is 0. The van der Waals surface area contributed by atoms with Crippen molar-refractivity contribution in [3.05, 3.63) is 28.0 Å². The molecule has 0 saturated carbocycles. The number of hydrogen-bond acceptors (Lipinski definition) is 1. The third kappa shape index (κ3) is 1.57. The molecular formula is C6H4Cl2N. The molecule has 1 rings (SSSR count). The number of pyridine rings is 1. The number of hydrogen-bond donors (Lipinski definition) is 0. The Hall–Kier alpha value is -0.270. The molecule has 1 heterocycles. The summed E-state index contributed by atoms with van der Waals surface area (Å²) in [6, 6.07) is 1.69. The van der Waals surface area contributed by atoms with Crippen molar-refractivity contribution in [3.63, 3.8) is 0 Å². The van der Waals surface area contributed by atoms with Crippen molar-refractivity contribution in [3.8, 4) is 0 Å². The van der Waals surface area contributed by atoms with Crippen molar-refractivity contribution >= 4 is 23.2 Å². The van der Waals surface area contributed by atoms with Gasteiger partial charge >= 0.3 is 0 Å². The lowest BCUT2D eigenvalue weighted by Gasteiger charge is -1.92. The molecular weight excluding hydrogens is 157 g/mol. The van der Waals surface area contributed by atoms with Gasteiger partial charge in [-0.25, -0.2) is 4.98 Å². The highest BCUT2D eigenvalue weighted by Gasteiger charge is 1.95. The quantitative estimate of drug-likeness (QED) is 0.569. The normalized spacial score (nSPS) is 9.67. The number of aromatic nitrogens is 1. The van der Waals surface area contributed by atoms with E-state index in [4.69, 9.17) is 23.2 Å². The Morgan fingerprint density at radius 1 is 1.56 bits per heavy atom. The topological polar surface area (TPSA) is 12.9 Å². The van der Waals surface area contributed by atoms with Gasteiger partial charge in [0, 0.05) is 5.69 Å². The van der Waals surface area contributed by atoms with E-state index in [1.807, 2.05) is 6.92 Å². The molecule has 0 aliphatic carbocycles. The predicted octanol–water partition coefficient (Wildman–Crippen LogP) is 2.50. The third-order valence-corrected chi connectivity index (χ3v) is 1.56. The molecule has 0 aliphatic heterocycles. The molecule has 3 heteroatoms. The molecule has 0 saturated heterocycles. The summed E-state index contributed by atoms with van der Waals surface area (Å²) in [5.41, 5.74) is 0.824. The molecule has 0 bridgehead atoms. The van der Waals surface area contributed by atoms with Crippen LogP contribution in [0.1, 0.15) is 5.69 Å². The predicted molar refractivity (Wildman–Crippen MR) is 37.8 cm³/mol. The van der Waals surface area contributed by atoms with Crippen LogP contribution in [0.3, 0.4) is 0 Å². The van der Waals surface area contributed by atoms with Gasteiger partial charge < -0.3 is 0 Å². The zero-order valence-corrected chi connectivity index (χ0v) is 6.29. The van der Waals surface area contributed by atoms with E-state index >= 15 is 0 Å². The molecule has 0 N–H and O–H groups in total. The van der Waals surface area contributed by atoms with Crippen LogP contribution in [0.25, 0.3) is 0 Å². The minimum Gasteiger partial charge on any atom is -0.250 e. The van der Waals surface area contributed by atoms with Crippen LogP contribution in [0.15, 0.2) is 6.07 Å². The first kappa shape index (κ1) is 6.84. The van der Waals surface area contributed by atoms with Crippen molar-refractivity contribution in [2.75, 3.05) is 0 Å². The van der Waals surface area contributed by atoms with Crippen LogP contribution < -0.4 is 0 Å². The molecule has 1 aromatic heterocycles. The van der Waals surface area contributed by atoms with E-state index in [1.165, 1.54) is 0 Å². The number of aryl methyl sites for hydroxylation is 1. The van der Waals surface area contributed by atoms with Crippen molar-refractivity contribution < 1.29 is 0 Å². The minimum absolute atomic E-state index is 0.377. The number of nitrogens with zero attached hydrogens (tertiary/aromatic N) is 1. The lowest BCUT2D eigenvalue weighted by molar-refractivity contribution is 1.19. The fourth-order valence-electron chi connectivity index (χ4n) is 0.470. The maximum atomic E-state index is 5.61. The molecule has 1 radical (unpaired) electrons. The average Bonchev–Trinajstić information content (AvgIpc) is 1.80. The zero-order chi connectivity index (χ0) is 6.85. The molecule has 0 aliphatic rings. The van der Waals surface area contributed by atoms with E-state index in [9.17, 15) is 0 Å². The lowest BCUT2D eigenvalue weighted by Crippen LogP contribution is -1.79. The monoisotopic (exact) mass is 160 g/mol. The fraction of sp³-hybridized carbons (Fsp3) is 0.167. The molecule has 1 aromatic rings. The van der Waals surface area contributed by atoms with Crippen LogP contribution >= 0.6 is 23.2 Å². The van der Waals surface area contributed by atoms with Gasteiger partial charge in [0.2, 0.25) is 0 Å². The minimum atomic E-state index is 0.377. The Kier molecular flexibility index (Phi) is 1.94. The standard InChI is InChI=1S/C6H4Cl2N/c1-4-2-5(7)6(8)3-9-4/h2H,1H3. The van der Waals surface area contributed by atoms with Gasteiger partial charge in [-0.2, -0.15) is 0 Å². The fourth-order valence-corrected chi connectivity index (χ4v) is 0.767. The van der Waals surface area contributed by atoms with Crippen molar-refractivity contribution in [1.29, 1.82) is 0 Å². The molecule has 47 valence electrons. The van der Waals surface area contributed by atoms with Gasteiger partial charge in [0.25, 0.3) is 0 Å². The maximum Gasteiger partial charge on any atom is 0.111 e. The van der Waals surface area contributed by atoms with Gasteiger partial charge in [0.1, 0.15) is 6.20 Å². The molecule has 9 heavy (non-hydrogen) atoms. The van der Waals surface area contributed by atoms with Crippen molar-refractivity contribution in [2.45, 2.75) is 6.92 Å². The zero-order valence-electron chi connectivity index (χ0n) is 4.78. The molecule has 0 amide bonds. The molecule has 1 nitrogen and oxygen atoms in total. The molecule has 0 fully saturated rings. The van der Waals surface area contributed by atoms with Gasteiger partial charge in [-0.05, 0) is 13.0 Å². The van der Waals surface area contributed by atoms with Gasteiger partial charge in [0.05, 0.1) is 10.0 Å². The van der Waals surface area contributed by atoms with Gasteiger partial charge in [-0.15, -0.1) is 0 Å². The summed E-state index contributed by atoms with van der Waals surface area (Å²) < 4.78 is 0. The van der Waals surface area contributed by atoms with Gasteiger partial charge in [-0.1, -0.05) is 23.2 Å². The van der Waals surface area contributed by atoms with Crippen molar-refractivity contribution in [1.82, 2.24) is 4.98 Å². The summed E-state index contributed by atoms with van der Waals surface area (Å²) in [4.78, 5) is 3.80. The van der Waals surface area contributed by atoms with E-state index in [2.05, 4.69) is 11.2 Å². The van der Waals surface area contributed by atoms with Gasteiger partial charge in [0.15, 0.2) is 0 Å². The van der Waals surface area contributed by atoms with Crippen molar-refractivity contribution in [2.24, 2.45) is 0 Å². The second kappa shape index (κ2) is 2.54. The van der Waals surface area contributed by atoms with Crippen LogP contribution in [0.2, 0.25) is 10.0 Å². The smallest absolute Gasteiger partial charge is 0.111 e. The Bertz CT molecular complexity index is 222. The van der Waals surface area contributed by atoms with E-state index in [0.717, 1.165) is 5.69 Å². The number of rotatable bonds is 0. The van der Waals surface area contributed by atoms with Crippen LogP contribution in [0.5, 0.6) is 0 Å². The average molecular weight is 161 g/mol. The first-order valence-corrected chi connectivity index (χ1v) is 3.16. The largest absolute Gasteiger partial charge is 0.250 e. The lowest BCUT2D eigenvalue weighted by atomic mass is 10.4. The highest BCUT2D eigenvalue weighted by molar-refractivity contribution is 6.41. The van der Waals surface area contributed by atoms with Crippen LogP contribution in [-0.2, 0) is 0 Å². The molecule has 0 aromatic carbocycles. The second-order valence-electron chi connectivity index (χ2n) is 1.67. The summed E-state index contributed by atoms with van der Waals surface area (Å²) >= 11 is 11.1. The maximum absolute atomic E-state index is 5.61. The van der Waals surface area contributed by atoms with Crippen LogP contribution in [-0.4, -0.2) is 4.98 Å².